The van der Waals surface area contributed by atoms with Crippen molar-refractivity contribution in [3.05, 3.63) is 34.9 Å². The van der Waals surface area contributed by atoms with Crippen LogP contribution in [-0.4, -0.2) is 12.1 Å². The number of aryl methyl sites for hydroxylation is 2. The predicted molar refractivity (Wildman–Crippen MR) is 70.5 cm³/mol. The zero-order chi connectivity index (χ0) is 12.2. The lowest BCUT2D eigenvalue weighted by atomic mass is 9.99. The first-order chi connectivity index (χ1) is 7.44. The number of rotatable bonds is 5. The molecule has 0 bridgehead atoms. The van der Waals surface area contributed by atoms with Gasteiger partial charge >= 0.3 is 0 Å². The van der Waals surface area contributed by atoms with Crippen molar-refractivity contribution in [1.82, 2.24) is 5.32 Å². The van der Waals surface area contributed by atoms with Gasteiger partial charge in [0.2, 0.25) is 0 Å². The van der Waals surface area contributed by atoms with Crippen molar-refractivity contribution in [3.63, 3.8) is 0 Å². The molecule has 90 valence electrons. The molecule has 0 saturated heterocycles. The summed E-state index contributed by atoms with van der Waals surface area (Å²) in [7, 11) is 0. The predicted octanol–water partition coefficient (Wildman–Crippen LogP) is 2.52. The normalized spacial score (nSPS) is 11.8. The minimum absolute atomic E-state index is 0.117. The average molecular weight is 220 g/mol. The van der Waals surface area contributed by atoms with E-state index < -0.39 is 0 Å². The second-order valence-corrected chi connectivity index (χ2v) is 5.21. The van der Waals surface area contributed by atoms with Gasteiger partial charge in [0.05, 0.1) is 0 Å². The number of hydrogen-bond donors (Lipinski definition) is 2. The minimum atomic E-state index is 0.117. The maximum absolute atomic E-state index is 5.59. The Labute approximate surface area is 99.2 Å². The molecule has 0 aliphatic heterocycles. The molecule has 16 heavy (non-hydrogen) atoms. The Hall–Kier alpha value is -0.860. The van der Waals surface area contributed by atoms with Crippen molar-refractivity contribution in [3.8, 4) is 0 Å². The molecule has 0 heterocycles. The molecule has 0 saturated carbocycles. The van der Waals surface area contributed by atoms with Gasteiger partial charge in [-0.15, -0.1) is 0 Å². The van der Waals surface area contributed by atoms with Gasteiger partial charge in [-0.2, -0.15) is 0 Å². The highest BCUT2D eigenvalue weighted by Gasteiger charge is 2.15. The highest BCUT2D eigenvalue weighted by Crippen LogP contribution is 2.13. The van der Waals surface area contributed by atoms with Crippen molar-refractivity contribution >= 4 is 0 Å². The zero-order valence-electron chi connectivity index (χ0n) is 10.9. The van der Waals surface area contributed by atoms with Gasteiger partial charge in [-0.05, 0) is 51.8 Å². The molecular formula is C14H24N2. The summed E-state index contributed by atoms with van der Waals surface area (Å²) in [6, 6.07) is 6.60. The molecule has 0 aliphatic rings. The van der Waals surface area contributed by atoms with Crippen LogP contribution in [0.4, 0.5) is 0 Å². The number of hydrogen-bond acceptors (Lipinski definition) is 2. The number of nitrogens with one attached hydrogen (secondary N) is 1. The Morgan fingerprint density at radius 3 is 2.50 bits per heavy atom. The van der Waals surface area contributed by atoms with Gasteiger partial charge in [0.15, 0.2) is 0 Å². The molecule has 0 aliphatic carbocycles. The van der Waals surface area contributed by atoms with Crippen LogP contribution in [0.5, 0.6) is 0 Å². The van der Waals surface area contributed by atoms with Gasteiger partial charge in [0.1, 0.15) is 0 Å². The van der Waals surface area contributed by atoms with Crippen LogP contribution >= 0.6 is 0 Å². The summed E-state index contributed by atoms with van der Waals surface area (Å²) < 4.78 is 0. The second kappa shape index (κ2) is 5.46. The van der Waals surface area contributed by atoms with Crippen LogP contribution in [0.3, 0.4) is 0 Å². The molecular weight excluding hydrogens is 196 g/mol. The summed E-state index contributed by atoms with van der Waals surface area (Å²) in [6.07, 6.45) is 0.998. The molecule has 0 radical (unpaired) electrons. The summed E-state index contributed by atoms with van der Waals surface area (Å²) in [6.45, 7) is 10.3. The Balaban J connectivity index is 2.61. The van der Waals surface area contributed by atoms with Crippen LogP contribution in [0, 0.1) is 13.8 Å². The van der Waals surface area contributed by atoms with E-state index in [1.165, 1.54) is 16.7 Å². The molecule has 1 aromatic rings. The summed E-state index contributed by atoms with van der Waals surface area (Å²) in [5, 5.41) is 3.56. The molecule has 0 amide bonds. The van der Waals surface area contributed by atoms with E-state index in [0.717, 1.165) is 19.5 Å². The molecule has 0 unspecified atom stereocenters. The van der Waals surface area contributed by atoms with Gasteiger partial charge in [0.25, 0.3) is 0 Å². The standard InChI is InChI=1S/C14H24N2/c1-11-5-6-13(12(2)9-11)10-16-14(3,4)7-8-15/h5-6,9,16H,7-8,10,15H2,1-4H3. The maximum atomic E-state index is 5.59. The fourth-order valence-electron chi connectivity index (χ4n) is 1.83. The third kappa shape index (κ3) is 3.95. The highest BCUT2D eigenvalue weighted by molar-refractivity contribution is 5.30. The molecule has 0 aromatic heterocycles. The summed E-state index contributed by atoms with van der Waals surface area (Å²) in [5.41, 5.74) is 9.76. The first-order valence-corrected chi connectivity index (χ1v) is 5.96. The van der Waals surface area contributed by atoms with Crippen molar-refractivity contribution in [2.75, 3.05) is 6.54 Å². The first kappa shape index (κ1) is 13.2. The van der Waals surface area contributed by atoms with Gasteiger partial charge in [-0.25, -0.2) is 0 Å². The van der Waals surface area contributed by atoms with Crippen LogP contribution in [0.2, 0.25) is 0 Å². The van der Waals surface area contributed by atoms with Crippen molar-refractivity contribution < 1.29 is 0 Å². The van der Waals surface area contributed by atoms with Crippen LogP contribution < -0.4 is 11.1 Å². The molecule has 0 spiro atoms. The topological polar surface area (TPSA) is 38.0 Å². The quantitative estimate of drug-likeness (QED) is 0.800. The van der Waals surface area contributed by atoms with E-state index in [9.17, 15) is 0 Å². The van der Waals surface area contributed by atoms with E-state index >= 15 is 0 Å². The van der Waals surface area contributed by atoms with Crippen molar-refractivity contribution in [2.24, 2.45) is 5.73 Å². The Kier molecular flexibility index (Phi) is 4.51. The average Bonchev–Trinajstić information content (AvgIpc) is 2.16. The molecule has 1 aromatic carbocycles. The summed E-state index contributed by atoms with van der Waals surface area (Å²) in [4.78, 5) is 0. The third-order valence-electron chi connectivity index (χ3n) is 3.02. The summed E-state index contributed by atoms with van der Waals surface area (Å²) in [5.74, 6) is 0. The molecule has 2 nitrogen and oxygen atoms in total. The number of nitrogens with two attached hydrogens (primary N) is 1. The SMILES string of the molecule is Cc1ccc(CNC(C)(C)CCN)c(C)c1. The molecule has 2 heteroatoms. The fourth-order valence-corrected chi connectivity index (χ4v) is 1.83. The van der Waals surface area contributed by atoms with Crippen LogP contribution in [-0.2, 0) is 6.54 Å². The van der Waals surface area contributed by atoms with Gasteiger partial charge < -0.3 is 11.1 Å². The van der Waals surface area contributed by atoms with Crippen molar-refractivity contribution in [2.45, 2.75) is 46.2 Å². The smallest absolute Gasteiger partial charge is 0.0213 e. The monoisotopic (exact) mass is 220 g/mol. The van der Waals surface area contributed by atoms with E-state index in [1.54, 1.807) is 0 Å². The lowest BCUT2D eigenvalue weighted by Gasteiger charge is -2.26. The molecule has 0 atom stereocenters. The Bertz CT molecular complexity index is 343. The minimum Gasteiger partial charge on any atom is -0.330 e. The van der Waals surface area contributed by atoms with E-state index in [-0.39, 0.29) is 5.54 Å². The van der Waals surface area contributed by atoms with Gasteiger partial charge in [-0.1, -0.05) is 23.8 Å². The molecule has 0 fully saturated rings. The van der Waals surface area contributed by atoms with E-state index in [2.05, 4.69) is 51.2 Å². The molecule has 3 N–H and O–H groups in total. The zero-order valence-corrected chi connectivity index (χ0v) is 10.9. The summed E-state index contributed by atoms with van der Waals surface area (Å²) >= 11 is 0. The van der Waals surface area contributed by atoms with Crippen LogP contribution in [0.25, 0.3) is 0 Å². The third-order valence-corrected chi connectivity index (χ3v) is 3.02. The fraction of sp³-hybridized carbons (Fsp3) is 0.571. The van der Waals surface area contributed by atoms with Crippen LogP contribution in [0.15, 0.2) is 18.2 Å². The first-order valence-electron chi connectivity index (χ1n) is 5.96. The Morgan fingerprint density at radius 1 is 1.25 bits per heavy atom. The Morgan fingerprint density at radius 2 is 1.94 bits per heavy atom. The van der Waals surface area contributed by atoms with E-state index in [1.807, 2.05) is 0 Å². The lowest BCUT2D eigenvalue weighted by Crippen LogP contribution is -2.40. The van der Waals surface area contributed by atoms with Crippen LogP contribution in [0.1, 0.15) is 37.0 Å². The van der Waals surface area contributed by atoms with Gasteiger partial charge in [0, 0.05) is 12.1 Å². The van der Waals surface area contributed by atoms with Gasteiger partial charge in [-0.3, -0.25) is 0 Å². The second-order valence-electron chi connectivity index (χ2n) is 5.21. The number of benzene rings is 1. The van der Waals surface area contributed by atoms with E-state index in [0.29, 0.717) is 0 Å². The lowest BCUT2D eigenvalue weighted by molar-refractivity contribution is 0.365. The highest BCUT2D eigenvalue weighted by atomic mass is 15.0. The van der Waals surface area contributed by atoms with Crippen molar-refractivity contribution in [1.29, 1.82) is 0 Å². The molecule has 1 rings (SSSR count). The maximum Gasteiger partial charge on any atom is 0.0213 e. The van der Waals surface area contributed by atoms with E-state index in [4.69, 9.17) is 5.73 Å². The largest absolute Gasteiger partial charge is 0.330 e.